The van der Waals surface area contributed by atoms with Crippen molar-refractivity contribution < 1.29 is 23.8 Å². The van der Waals surface area contributed by atoms with E-state index in [0.29, 0.717) is 47.4 Å². The van der Waals surface area contributed by atoms with Crippen molar-refractivity contribution in [2.45, 2.75) is 13.2 Å². The van der Waals surface area contributed by atoms with Gasteiger partial charge in [-0.2, -0.15) is 0 Å². The summed E-state index contributed by atoms with van der Waals surface area (Å²) in [6.07, 6.45) is 0. The summed E-state index contributed by atoms with van der Waals surface area (Å²) in [4.78, 5) is 22.9. The molecule has 8 heteroatoms. The Bertz CT molecular complexity index is 823. The molecule has 0 aliphatic carbocycles. The third kappa shape index (κ3) is 4.37. The monoisotopic (exact) mass is 376 g/mol. The van der Waals surface area contributed by atoms with Gasteiger partial charge in [-0.25, -0.2) is 9.59 Å². The zero-order valence-corrected chi connectivity index (χ0v) is 14.5. The van der Waals surface area contributed by atoms with Crippen molar-refractivity contribution in [2.75, 3.05) is 13.2 Å². The van der Waals surface area contributed by atoms with Gasteiger partial charge >= 0.3 is 12.0 Å². The minimum absolute atomic E-state index is 0.0557. The van der Waals surface area contributed by atoms with Gasteiger partial charge in [0.25, 0.3) is 0 Å². The largest absolute Gasteiger partial charge is 0.486 e. The lowest BCUT2D eigenvalue weighted by Gasteiger charge is -2.20. The molecule has 2 amide bonds. The first-order valence-corrected chi connectivity index (χ1v) is 8.28. The summed E-state index contributed by atoms with van der Waals surface area (Å²) in [5.41, 5.74) is 6.94. The molecule has 0 saturated heterocycles. The molecule has 0 unspecified atom stereocenters. The second-order valence-corrected chi connectivity index (χ2v) is 6.00. The van der Waals surface area contributed by atoms with E-state index in [1.54, 1.807) is 36.4 Å². The van der Waals surface area contributed by atoms with Crippen LogP contribution in [0.2, 0.25) is 5.02 Å². The minimum atomic E-state index is -0.605. The topological polar surface area (TPSA) is 99.9 Å². The molecule has 1 heterocycles. The van der Waals surface area contributed by atoms with Gasteiger partial charge in [0.2, 0.25) is 0 Å². The van der Waals surface area contributed by atoms with E-state index in [0.717, 1.165) is 5.56 Å². The van der Waals surface area contributed by atoms with Crippen molar-refractivity contribution in [1.82, 2.24) is 5.32 Å². The van der Waals surface area contributed by atoms with Crippen LogP contribution in [0.25, 0.3) is 0 Å². The van der Waals surface area contributed by atoms with Gasteiger partial charge in [-0.05, 0) is 35.4 Å². The maximum atomic E-state index is 12.2. The molecule has 0 radical (unpaired) electrons. The van der Waals surface area contributed by atoms with Gasteiger partial charge in [-0.3, -0.25) is 0 Å². The Morgan fingerprint density at radius 1 is 1.12 bits per heavy atom. The van der Waals surface area contributed by atoms with Crippen molar-refractivity contribution in [2.24, 2.45) is 5.73 Å². The number of fused-ring (bicyclic) bond motifs is 1. The molecule has 0 saturated carbocycles. The van der Waals surface area contributed by atoms with Crippen LogP contribution in [0.3, 0.4) is 0 Å². The number of nitrogens with two attached hydrogens (primary N) is 1. The van der Waals surface area contributed by atoms with Gasteiger partial charge in [-0.1, -0.05) is 23.7 Å². The fourth-order valence-corrected chi connectivity index (χ4v) is 2.72. The van der Waals surface area contributed by atoms with Crippen LogP contribution in [0.1, 0.15) is 21.5 Å². The van der Waals surface area contributed by atoms with Crippen molar-refractivity contribution in [1.29, 1.82) is 0 Å². The summed E-state index contributed by atoms with van der Waals surface area (Å²) in [6, 6.07) is 9.49. The molecule has 26 heavy (non-hydrogen) atoms. The molecule has 136 valence electrons. The molecule has 1 aliphatic heterocycles. The third-order valence-electron chi connectivity index (χ3n) is 3.68. The average Bonchev–Trinajstić information content (AvgIpc) is 2.65. The lowest BCUT2D eigenvalue weighted by Crippen LogP contribution is -2.28. The zero-order chi connectivity index (χ0) is 18.5. The number of hydrogen-bond donors (Lipinski definition) is 2. The molecule has 0 bridgehead atoms. The van der Waals surface area contributed by atoms with E-state index in [-0.39, 0.29) is 6.61 Å². The number of carbonyl (C=O) groups excluding carboxylic acids is 2. The van der Waals surface area contributed by atoms with Crippen molar-refractivity contribution >= 4 is 23.6 Å². The first kappa shape index (κ1) is 17.9. The van der Waals surface area contributed by atoms with Crippen LogP contribution in [0, 0.1) is 0 Å². The Labute approximate surface area is 155 Å². The van der Waals surface area contributed by atoms with Gasteiger partial charge < -0.3 is 25.3 Å². The standard InChI is InChI=1S/C18H17ClN2O5/c19-14-7-12(8-15-16(14)25-6-5-24-15)10-26-17(22)13-3-1-11(2-4-13)9-21-18(20)23/h1-4,7-8H,5-6,9-10H2,(H3,20,21,23). The van der Waals surface area contributed by atoms with E-state index < -0.39 is 12.0 Å². The van der Waals surface area contributed by atoms with Gasteiger partial charge in [0.1, 0.15) is 19.8 Å². The molecule has 3 N–H and O–H groups in total. The van der Waals surface area contributed by atoms with Crippen LogP contribution in [0.5, 0.6) is 11.5 Å². The highest BCUT2D eigenvalue weighted by Crippen LogP contribution is 2.38. The highest BCUT2D eigenvalue weighted by Gasteiger charge is 2.17. The fourth-order valence-electron chi connectivity index (χ4n) is 2.43. The lowest BCUT2D eigenvalue weighted by atomic mass is 10.1. The maximum Gasteiger partial charge on any atom is 0.338 e. The SMILES string of the molecule is NC(=O)NCc1ccc(C(=O)OCc2cc(Cl)c3c(c2)OCCO3)cc1. The Morgan fingerprint density at radius 3 is 2.58 bits per heavy atom. The Balaban J connectivity index is 1.60. The van der Waals surface area contributed by atoms with Crippen LogP contribution in [0.15, 0.2) is 36.4 Å². The van der Waals surface area contributed by atoms with Crippen LogP contribution < -0.4 is 20.5 Å². The normalized spacial score (nSPS) is 12.3. The van der Waals surface area contributed by atoms with E-state index in [9.17, 15) is 9.59 Å². The number of nitrogens with one attached hydrogen (secondary N) is 1. The van der Waals surface area contributed by atoms with Crippen LogP contribution in [0.4, 0.5) is 4.79 Å². The first-order valence-electron chi connectivity index (χ1n) is 7.90. The predicted molar refractivity (Wildman–Crippen MR) is 94.4 cm³/mol. The maximum absolute atomic E-state index is 12.2. The smallest absolute Gasteiger partial charge is 0.338 e. The number of ether oxygens (including phenoxy) is 3. The molecule has 0 spiro atoms. The molecule has 3 rings (SSSR count). The van der Waals surface area contributed by atoms with Crippen LogP contribution >= 0.6 is 11.6 Å². The Hall–Kier alpha value is -2.93. The molecule has 1 aliphatic rings. The predicted octanol–water partition coefficient (Wildman–Crippen LogP) is 2.64. The number of primary amides is 1. The summed E-state index contributed by atoms with van der Waals surface area (Å²) in [7, 11) is 0. The van der Waals surface area contributed by atoms with E-state index in [2.05, 4.69) is 5.32 Å². The number of hydrogen-bond acceptors (Lipinski definition) is 5. The van der Waals surface area contributed by atoms with E-state index in [4.69, 9.17) is 31.5 Å². The summed E-state index contributed by atoms with van der Waals surface area (Å²) >= 11 is 6.16. The van der Waals surface area contributed by atoms with Gasteiger partial charge in [0, 0.05) is 6.54 Å². The van der Waals surface area contributed by atoms with E-state index >= 15 is 0 Å². The van der Waals surface area contributed by atoms with Crippen LogP contribution in [-0.2, 0) is 17.9 Å². The Morgan fingerprint density at radius 2 is 1.85 bits per heavy atom. The highest BCUT2D eigenvalue weighted by atomic mass is 35.5. The van der Waals surface area contributed by atoms with Crippen molar-refractivity contribution in [3.05, 3.63) is 58.1 Å². The van der Waals surface area contributed by atoms with Gasteiger partial charge in [-0.15, -0.1) is 0 Å². The number of rotatable bonds is 5. The number of halogens is 1. The van der Waals surface area contributed by atoms with Crippen molar-refractivity contribution in [3.63, 3.8) is 0 Å². The summed E-state index contributed by atoms with van der Waals surface area (Å²) < 4.78 is 16.3. The number of urea groups is 1. The second-order valence-electron chi connectivity index (χ2n) is 5.59. The third-order valence-corrected chi connectivity index (χ3v) is 3.96. The van der Waals surface area contributed by atoms with E-state index in [1.807, 2.05) is 0 Å². The van der Waals surface area contributed by atoms with Crippen molar-refractivity contribution in [3.8, 4) is 11.5 Å². The summed E-state index contributed by atoms with van der Waals surface area (Å²) in [5, 5.41) is 2.89. The second kappa shape index (κ2) is 7.97. The number of benzene rings is 2. The average molecular weight is 377 g/mol. The Kier molecular flexibility index (Phi) is 5.48. The zero-order valence-electron chi connectivity index (χ0n) is 13.8. The fraction of sp³-hybridized carbons (Fsp3) is 0.222. The van der Waals surface area contributed by atoms with Gasteiger partial charge in [0.15, 0.2) is 11.5 Å². The molecule has 7 nitrogen and oxygen atoms in total. The lowest BCUT2D eigenvalue weighted by molar-refractivity contribution is 0.0472. The molecule has 2 aromatic carbocycles. The molecule has 0 aromatic heterocycles. The molecular weight excluding hydrogens is 360 g/mol. The van der Waals surface area contributed by atoms with Crippen LogP contribution in [-0.4, -0.2) is 25.2 Å². The number of esters is 1. The first-order chi connectivity index (χ1) is 12.5. The quantitative estimate of drug-likeness (QED) is 0.781. The van der Waals surface area contributed by atoms with E-state index in [1.165, 1.54) is 0 Å². The number of amides is 2. The molecular formula is C18H17ClN2O5. The van der Waals surface area contributed by atoms with Gasteiger partial charge in [0.05, 0.1) is 10.6 Å². The summed E-state index contributed by atoms with van der Waals surface area (Å²) in [5.74, 6) is 0.583. The molecule has 2 aromatic rings. The highest BCUT2D eigenvalue weighted by molar-refractivity contribution is 6.32. The number of carbonyl (C=O) groups is 2. The minimum Gasteiger partial charge on any atom is -0.486 e. The molecule has 0 fully saturated rings. The summed E-state index contributed by atoms with van der Waals surface area (Å²) in [6.45, 7) is 1.25. The molecule has 0 atom stereocenters.